The van der Waals surface area contributed by atoms with Crippen LogP contribution in [-0.2, 0) is 0 Å². The van der Waals surface area contributed by atoms with Crippen LogP contribution in [0.1, 0.15) is 13.2 Å². The number of carbonyl (C=O) groups is 1. The molecule has 1 rings (SSSR count). The first-order valence-corrected chi connectivity index (χ1v) is 2.79. The number of nitrogens with two attached hydrogens (primary N) is 1. The molecule has 3 nitrogen and oxygen atoms in total. The molecule has 0 fully saturated rings. The molecule has 1 aromatic carbocycles. The van der Waals surface area contributed by atoms with Gasteiger partial charge in [0.05, 0.1) is 5.56 Å². The monoisotopic (exact) mass is 217 g/mol. The van der Waals surface area contributed by atoms with Crippen LogP contribution in [0.15, 0.2) is 24.3 Å². The summed E-state index contributed by atoms with van der Waals surface area (Å²) >= 11 is 0. The van der Waals surface area contributed by atoms with Gasteiger partial charge in [0.25, 0.3) is 0 Å². The Kier molecular flexibility index (Phi) is 10.9. The summed E-state index contributed by atoms with van der Waals surface area (Å²) in [7, 11) is 0. The molecule has 0 bridgehead atoms. The number of carboxylic acids is 1. The van der Waals surface area contributed by atoms with Gasteiger partial charge in [0.15, 0.2) is 0 Å². The number of hydrogen-bond donors (Lipinski definition) is 2. The first kappa shape index (κ1) is 16.2. The van der Waals surface area contributed by atoms with Gasteiger partial charge in [-0.15, -0.1) is 0 Å². The molecule has 0 aliphatic heterocycles. The second-order valence-electron chi connectivity index (χ2n) is 1.89. The van der Waals surface area contributed by atoms with E-state index in [1.54, 1.807) is 18.2 Å². The third-order valence-corrected chi connectivity index (χ3v) is 1.19. The molecular formula is C7H9K2NO2. The fraction of sp³-hybridized carbons (Fsp3) is 0. The van der Waals surface area contributed by atoms with Crippen molar-refractivity contribution in [2.45, 2.75) is 0 Å². The van der Waals surface area contributed by atoms with Gasteiger partial charge >= 0.3 is 109 Å². The van der Waals surface area contributed by atoms with E-state index in [0.29, 0.717) is 5.69 Å². The van der Waals surface area contributed by atoms with Crippen LogP contribution in [0, 0.1) is 0 Å². The van der Waals surface area contributed by atoms with E-state index in [4.69, 9.17) is 10.8 Å². The number of para-hydroxylation sites is 1. The standard InChI is InChI=1S/C7H7NO2.2K.2H/c8-6-4-2-1-3-5(6)7(9)10;;;;/h1-4H,8H2,(H,9,10);;;;/q;2*+1;2*-1. The largest absolute Gasteiger partial charge is 1.00 e. The van der Waals surface area contributed by atoms with Gasteiger partial charge in [0.2, 0.25) is 0 Å². The molecule has 0 aliphatic carbocycles. The Morgan fingerprint density at radius 1 is 1.33 bits per heavy atom. The summed E-state index contributed by atoms with van der Waals surface area (Å²) in [4.78, 5) is 10.3. The van der Waals surface area contributed by atoms with Crippen LogP contribution >= 0.6 is 0 Å². The summed E-state index contributed by atoms with van der Waals surface area (Å²) in [5.74, 6) is -0.988. The Bertz CT molecular complexity index is 274. The number of aromatic carboxylic acids is 1. The maximum Gasteiger partial charge on any atom is 1.00 e. The number of nitrogen functional groups attached to an aromatic ring is 1. The van der Waals surface area contributed by atoms with Crippen LogP contribution in [0.25, 0.3) is 0 Å². The molecule has 1 aromatic rings. The molecular weight excluding hydrogens is 208 g/mol. The van der Waals surface area contributed by atoms with E-state index in [2.05, 4.69) is 0 Å². The van der Waals surface area contributed by atoms with Crippen molar-refractivity contribution in [3.63, 3.8) is 0 Å². The van der Waals surface area contributed by atoms with Crippen LogP contribution in [0.4, 0.5) is 5.69 Å². The molecule has 0 unspecified atom stereocenters. The summed E-state index contributed by atoms with van der Waals surface area (Å²) in [6, 6.07) is 6.36. The third-order valence-electron chi connectivity index (χ3n) is 1.19. The van der Waals surface area contributed by atoms with Gasteiger partial charge in [-0.05, 0) is 12.1 Å². The minimum absolute atomic E-state index is 0. The number of anilines is 1. The molecule has 56 valence electrons. The molecule has 0 spiro atoms. The molecule has 5 heteroatoms. The second kappa shape index (κ2) is 8.10. The van der Waals surface area contributed by atoms with Crippen molar-refractivity contribution in [2.75, 3.05) is 5.73 Å². The van der Waals surface area contributed by atoms with Crippen molar-refractivity contribution < 1.29 is 116 Å². The Morgan fingerprint density at radius 2 is 1.83 bits per heavy atom. The van der Waals surface area contributed by atoms with Crippen molar-refractivity contribution in [1.82, 2.24) is 0 Å². The van der Waals surface area contributed by atoms with Crippen LogP contribution in [0.5, 0.6) is 0 Å². The van der Waals surface area contributed by atoms with Crippen LogP contribution < -0.4 is 109 Å². The summed E-state index contributed by atoms with van der Waals surface area (Å²) in [5.41, 5.74) is 5.80. The first-order valence-electron chi connectivity index (χ1n) is 2.79. The van der Waals surface area contributed by atoms with Crippen molar-refractivity contribution >= 4 is 11.7 Å². The van der Waals surface area contributed by atoms with Gasteiger partial charge in [0.1, 0.15) is 0 Å². The van der Waals surface area contributed by atoms with Crippen molar-refractivity contribution in [3.8, 4) is 0 Å². The van der Waals surface area contributed by atoms with Gasteiger partial charge in [-0.2, -0.15) is 0 Å². The quantitative estimate of drug-likeness (QED) is 0.367. The van der Waals surface area contributed by atoms with E-state index in [1.165, 1.54) is 6.07 Å². The van der Waals surface area contributed by atoms with Crippen LogP contribution in [-0.4, -0.2) is 11.1 Å². The fourth-order valence-corrected chi connectivity index (χ4v) is 0.692. The van der Waals surface area contributed by atoms with Crippen LogP contribution in [0.3, 0.4) is 0 Å². The van der Waals surface area contributed by atoms with E-state index >= 15 is 0 Å². The molecule has 0 saturated carbocycles. The number of carboxylic acid groups (broad SMARTS) is 1. The summed E-state index contributed by atoms with van der Waals surface area (Å²) in [6.07, 6.45) is 0. The van der Waals surface area contributed by atoms with Crippen molar-refractivity contribution in [3.05, 3.63) is 29.8 Å². The zero-order valence-electron chi connectivity index (χ0n) is 9.24. The molecule has 0 aromatic heterocycles. The van der Waals surface area contributed by atoms with Gasteiger partial charge in [0, 0.05) is 5.69 Å². The van der Waals surface area contributed by atoms with Crippen molar-refractivity contribution in [2.24, 2.45) is 0 Å². The Hall–Kier alpha value is 1.76. The summed E-state index contributed by atoms with van der Waals surface area (Å²) < 4.78 is 0. The molecule has 3 N–H and O–H groups in total. The van der Waals surface area contributed by atoms with Crippen molar-refractivity contribution in [1.29, 1.82) is 0 Å². The van der Waals surface area contributed by atoms with E-state index in [-0.39, 0.29) is 111 Å². The SMILES string of the molecule is Nc1ccccc1C(=O)O.[H-].[H-].[K+].[K+]. The minimum Gasteiger partial charge on any atom is -1.00 e. The zero-order valence-corrected chi connectivity index (χ0v) is 13.5. The Balaban J connectivity index is -0.000000125. The molecule has 0 radical (unpaired) electrons. The zero-order chi connectivity index (χ0) is 7.56. The van der Waals surface area contributed by atoms with Crippen LogP contribution in [0.2, 0.25) is 0 Å². The van der Waals surface area contributed by atoms with E-state index in [1.807, 2.05) is 0 Å². The smallest absolute Gasteiger partial charge is 1.00 e. The number of benzene rings is 1. The molecule has 0 saturated heterocycles. The maximum atomic E-state index is 10.3. The predicted molar refractivity (Wildman–Crippen MR) is 40.0 cm³/mol. The molecule has 0 amide bonds. The maximum absolute atomic E-state index is 10.3. The fourth-order valence-electron chi connectivity index (χ4n) is 0.692. The molecule has 0 heterocycles. The molecule has 0 aliphatic rings. The van der Waals surface area contributed by atoms with Gasteiger partial charge < -0.3 is 13.7 Å². The minimum atomic E-state index is -0.988. The number of rotatable bonds is 1. The van der Waals surface area contributed by atoms with Gasteiger partial charge in [-0.1, -0.05) is 12.1 Å². The Morgan fingerprint density at radius 3 is 2.17 bits per heavy atom. The summed E-state index contributed by atoms with van der Waals surface area (Å²) in [5, 5.41) is 8.49. The predicted octanol–water partition coefficient (Wildman–Crippen LogP) is -4.80. The topological polar surface area (TPSA) is 63.3 Å². The van der Waals surface area contributed by atoms with E-state index in [9.17, 15) is 4.79 Å². The Labute approximate surface area is 159 Å². The average molecular weight is 217 g/mol. The molecule has 12 heavy (non-hydrogen) atoms. The average Bonchev–Trinajstić information content (AvgIpc) is 1.88. The first-order chi connectivity index (χ1) is 4.72. The molecule has 0 atom stereocenters. The third kappa shape index (κ3) is 4.85. The number of hydrogen-bond acceptors (Lipinski definition) is 2. The second-order valence-corrected chi connectivity index (χ2v) is 1.89. The summed E-state index contributed by atoms with van der Waals surface area (Å²) in [6.45, 7) is 0. The normalized spacial score (nSPS) is 7.67. The van der Waals surface area contributed by atoms with Gasteiger partial charge in [-0.25, -0.2) is 4.79 Å². The van der Waals surface area contributed by atoms with E-state index in [0.717, 1.165) is 0 Å². The van der Waals surface area contributed by atoms with E-state index < -0.39 is 5.97 Å². The van der Waals surface area contributed by atoms with Gasteiger partial charge in [-0.3, -0.25) is 0 Å².